The highest BCUT2D eigenvalue weighted by atomic mass is 35.5. The van der Waals surface area contributed by atoms with Crippen LogP contribution in [0, 0.1) is 0 Å². The number of carbonyl (C=O) groups excluding carboxylic acids is 1. The molecule has 4 rings (SSSR count). The molecule has 0 bridgehead atoms. The summed E-state index contributed by atoms with van der Waals surface area (Å²) in [4.78, 5) is 21.3. The number of benzene rings is 2. The Kier molecular flexibility index (Phi) is 6.52. The number of amides is 1. The molecule has 0 radical (unpaired) electrons. The van der Waals surface area contributed by atoms with Gasteiger partial charge in [0.15, 0.2) is 0 Å². The van der Waals surface area contributed by atoms with Crippen LogP contribution in [0.5, 0.6) is 11.5 Å². The molecule has 3 aromatic rings. The zero-order valence-corrected chi connectivity index (χ0v) is 17.5. The second-order valence-electron chi connectivity index (χ2n) is 7.35. The van der Waals surface area contributed by atoms with Crippen molar-refractivity contribution >= 4 is 24.1 Å². The lowest BCUT2D eigenvalue weighted by Gasteiger charge is -2.37. The van der Waals surface area contributed by atoms with Gasteiger partial charge in [0.25, 0.3) is 0 Å². The van der Waals surface area contributed by atoms with Gasteiger partial charge in [0, 0.05) is 49.7 Å². The zero-order valence-electron chi connectivity index (χ0n) is 16.7. The van der Waals surface area contributed by atoms with Crippen LogP contribution in [0.4, 0.5) is 10.5 Å². The molecule has 158 valence electrons. The third-order valence-electron chi connectivity index (χ3n) is 5.44. The molecule has 0 unspecified atom stereocenters. The number of hydrogen-bond donors (Lipinski definition) is 2. The molecule has 2 N–H and O–H groups in total. The van der Waals surface area contributed by atoms with E-state index < -0.39 is 0 Å². The van der Waals surface area contributed by atoms with Crippen molar-refractivity contribution < 1.29 is 15.0 Å². The van der Waals surface area contributed by atoms with Gasteiger partial charge >= 0.3 is 6.03 Å². The lowest BCUT2D eigenvalue weighted by atomic mass is 10.0. The highest BCUT2D eigenvalue weighted by Gasteiger charge is 2.26. The van der Waals surface area contributed by atoms with Crippen LogP contribution in [0.25, 0.3) is 11.3 Å². The third kappa shape index (κ3) is 4.52. The Bertz CT molecular complexity index is 980. The number of carbonyl (C=O) groups is 1. The van der Waals surface area contributed by atoms with Gasteiger partial charge in [0.2, 0.25) is 0 Å². The Hall–Kier alpha value is -3.19. The van der Waals surface area contributed by atoms with E-state index in [0.29, 0.717) is 11.3 Å². The number of aromatic nitrogens is 2. The van der Waals surface area contributed by atoms with Crippen LogP contribution in [-0.2, 0) is 0 Å². The Morgan fingerprint density at radius 3 is 2.33 bits per heavy atom. The topological polar surface area (TPSA) is 81.8 Å². The largest absolute Gasteiger partial charge is 0.508 e. The lowest BCUT2D eigenvalue weighted by molar-refractivity contribution is 0.181. The second-order valence-corrected chi connectivity index (χ2v) is 7.35. The number of halogens is 1. The maximum atomic E-state index is 12.9. The number of nitrogens with zero attached hydrogens (tertiary/aromatic N) is 4. The molecule has 0 atom stereocenters. The smallest absolute Gasteiger partial charge is 0.329 e. The summed E-state index contributed by atoms with van der Waals surface area (Å²) in [6.45, 7) is 1.81. The molecule has 30 heavy (non-hydrogen) atoms. The molecule has 0 saturated carbocycles. The van der Waals surface area contributed by atoms with Gasteiger partial charge in [-0.15, -0.1) is 12.4 Å². The maximum Gasteiger partial charge on any atom is 0.329 e. The standard InChI is InChI=1S/C22H24N4O3.ClH/c1-24(17-7-9-25(10-8-17)18-5-3-2-4-6-18)22(29)26-14-21(23-15-26)16-11-19(27)13-20(28)12-16;/h2-6,11-15,17,27-28H,7-10H2,1H3;1H. The van der Waals surface area contributed by atoms with Crippen molar-refractivity contribution in [2.75, 3.05) is 25.0 Å². The number of rotatable bonds is 3. The normalized spacial score (nSPS) is 14.2. The first-order valence-electron chi connectivity index (χ1n) is 9.66. The predicted octanol–water partition coefficient (Wildman–Crippen LogP) is 3.95. The molecule has 0 aliphatic carbocycles. The van der Waals surface area contributed by atoms with E-state index in [4.69, 9.17) is 0 Å². The maximum absolute atomic E-state index is 12.9. The molecule has 0 spiro atoms. The first-order valence-corrected chi connectivity index (χ1v) is 9.66. The van der Waals surface area contributed by atoms with Crippen molar-refractivity contribution in [3.05, 3.63) is 61.1 Å². The highest BCUT2D eigenvalue weighted by molar-refractivity contribution is 5.85. The monoisotopic (exact) mass is 428 g/mol. The molecule has 1 aliphatic heterocycles. The minimum atomic E-state index is -0.147. The van der Waals surface area contributed by atoms with E-state index in [1.54, 1.807) is 11.1 Å². The molecule has 1 saturated heterocycles. The number of imidazole rings is 1. The molecule has 7 nitrogen and oxygen atoms in total. The number of hydrogen-bond acceptors (Lipinski definition) is 5. The second kappa shape index (κ2) is 9.09. The highest BCUT2D eigenvalue weighted by Crippen LogP contribution is 2.28. The fraction of sp³-hybridized carbons (Fsp3) is 0.273. The lowest BCUT2D eigenvalue weighted by Crippen LogP contribution is -2.46. The molecule has 2 heterocycles. The van der Waals surface area contributed by atoms with Crippen LogP contribution in [0.2, 0.25) is 0 Å². The summed E-state index contributed by atoms with van der Waals surface area (Å²) < 4.78 is 1.44. The van der Waals surface area contributed by atoms with E-state index in [1.807, 2.05) is 25.2 Å². The molecule has 1 fully saturated rings. The van der Waals surface area contributed by atoms with E-state index in [9.17, 15) is 15.0 Å². The van der Waals surface area contributed by atoms with Gasteiger partial charge in [-0.3, -0.25) is 4.57 Å². The van der Waals surface area contributed by atoms with Crippen molar-refractivity contribution in [1.82, 2.24) is 14.5 Å². The molecule has 1 amide bonds. The summed E-state index contributed by atoms with van der Waals surface area (Å²) in [6, 6.07) is 14.6. The van der Waals surface area contributed by atoms with E-state index in [0.717, 1.165) is 25.9 Å². The van der Waals surface area contributed by atoms with E-state index >= 15 is 0 Å². The summed E-state index contributed by atoms with van der Waals surface area (Å²) in [7, 11) is 1.82. The van der Waals surface area contributed by atoms with Crippen molar-refractivity contribution in [2.45, 2.75) is 18.9 Å². The van der Waals surface area contributed by atoms with E-state index in [1.165, 1.54) is 34.8 Å². The Balaban J connectivity index is 0.00000256. The number of para-hydroxylation sites is 1. The van der Waals surface area contributed by atoms with Crippen LogP contribution in [0.15, 0.2) is 61.1 Å². The number of phenolic OH excluding ortho intramolecular Hbond substituents is 2. The van der Waals surface area contributed by atoms with Gasteiger partial charge in [-0.2, -0.15) is 0 Å². The minimum absolute atomic E-state index is 0. The van der Waals surface area contributed by atoms with Crippen LogP contribution in [0.3, 0.4) is 0 Å². The minimum Gasteiger partial charge on any atom is -0.508 e. The van der Waals surface area contributed by atoms with Crippen LogP contribution < -0.4 is 4.90 Å². The van der Waals surface area contributed by atoms with Gasteiger partial charge in [-0.25, -0.2) is 9.78 Å². The number of anilines is 1. The molecule has 1 aromatic heterocycles. The fourth-order valence-electron chi connectivity index (χ4n) is 3.81. The summed E-state index contributed by atoms with van der Waals surface area (Å²) in [5, 5.41) is 19.3. The Labute approximate surface area is 181 Å². The molecule has 2 aromatic carbocycles. The van der Waals surface area contributed by atoms with Crippen molar-refractivity contribution in [3.63, 3.8) is 0 Å². The Morgan fingerprint density at radius 2 is 1.70 bits per heavy atom. The zero-order chi connectivity index (χ0) is 20.4. The first kappa shape index (κ1) is 21.5. The summed E-state index contributed by atoms with van der Waals surface area (Å²) in [5.41, 5.74) is 2.28. The number of piperidine rings is 1. The van der Waals surface area contributed by atoms with Crippen molar-refractivity contribution in [1.29, 1.82) is 0 Å². The first-order chi connectivity index (χ1) is 14.0. The fourth-order valence-corrected chi connectivity index (χ4v) is 3.81. The van der Waals surface area contributed by atoms with Gasteiger partial charge in [-0.1, -0.05) is 18.2 Å². The number of phenols is 2. The quantitative estimate of drug-likeness (QED) is 0.660. The SMILES string of the molecule is CN(C(=O)n1cnc(-c2cc(O)cc(O)c2)c1)C1CCN(c2ccccc2)CC1.Cl. The van der Waals surface area contributed by atoms with Crippen molar-refractivity contribution in [2.24, 2.45) is 0 Å². The molecule has 1 aliphatic rings. The van der Waals surface area contributed by atoms with E-state index in [-0.39, 0.29) is 36.0 Å². The van der Waals surface area contributed by atoms with Crippen LogP contribution in [0.1, 0.15) is 12.8 Å². The van der Waals surface area contributed by atoms with Gasteiger partial charge in [-0.05, 0) is 37.1 Å². The summed E-state index contributed by atoms with van der Waals surface area (Å²) >= 11 is 0. The van der Waals surface area contributed by atoms with Gasteiger partial charge in [0.1, 0.15) is 17.8 Å². The Morgan fingerprint density at radius 1 is 1.07 bits per heavy atom. The van der Waals surface area contributed by atoms with E-state index in [2.05, 4.69) is 22.0 Å². The third-order valence-corrected chi connectivity index (χ3v) is 5.44. The van der Waals surface area contributed by atoms with Crippen molar-refractivity contribution in [3.8, 4) is 22.8 Å². The predicted molar refractivity (Wildman–Crippen MR) is 118 cm³/mol. The van der Waals surface area contributed by atoms with Crippen LogP contribution in [-0.4, -0.2) is 56.9 Å². The number of aromatic hydroxyl groups is 2. The van der Waals surface area contributed by atoms with Gasteiger partial charge < -0.3 is 20.0 Å². The average Bonchev–Trinajstić information content (AvgIpc) is 3.23. The van der Waals surface area contributed by atoms with Crippen LogP contribution >= 0.6 is 12.4 Å². The molecule has 8 heteroatoms. The molecular weight excluding hydrogens is 404 g/mol. The summed E-state index contributed by atoms with van der Waals surface area (Å²) in [5.74, 6) is -0.105. The summed E-state index contributed by atoms with van der Waals surface area (Å²) in [6.07, 6.45) is 4.89. The average molecular weight is 429 g/mol. The van der Waals surface area contributed by atoms with Gasteiger partial charge in [0.05, 0.1) is 5.69 Å². The molecular formula is C22H25ClN4O3.